The van der Waals surface area contributed by atoms with Crippen molar-refractivity contribution in [2.45, 2.75) is 20.3 Å². The molecule has 1 N–H and O–H groups in total. The van der Waals surface area contributed by atoms with Gasteiger partial charge in [-0.25, -0.2) is 0 Å². The molecule has 0 spiro atoms. The minimum atomic E-state index is -0.332. The quantitative estimate of drug-likeness (QED) is 0.864. The van der Waals surface area contributed by atoms with Gasteiger partial charge in [0.1, 0.15) is 0 Å². The van der Waals surface area contributed by atoms with E-state index in [2.05, 4.69) is 21.2 Å². The third-order valence-corrected chi connectivity index (χ3v) is 5.00. The standard InChI is InChI=1S/C19H19BrN2O2/c1-12-4-3-5-17(13(12)2)22-11-14(10-18(22)23)19(24)21-16-8-6-15(20)7-9-16/h3-9,14H,10-11H2,1-2H3,(H,21,24). The van der Waals surface area contributed by atoms with Crippen LogP contribution in [0.5, 0.6) is 0 Å². The third kappa shape index (κ3) is 3.36. The van der Waals surface area contributed by atoms with Gasteiger partial charge in [0.25, 0.3) is 0 Å². The number of hydrogen-bond acceptors (Lipinski definition) is 2. The number of rotatable bonds is 3. The molecular weight excluding hydrogens is 368 g/mol. The zero-order valence-corrected chi connectivity index (χ0v) is 15.3. The maximum atomic E-state index is 12.5. The van der Waals surface area contributed by atoms with E-state index >= 15 is 0 Å². The van der Waals surface area contributed by atoms with Crippen LogP contribution in [0.2, 0.25) is 0 Å². The second-order valence-corrected chi connectivity index (χ2v) is 7.04. The summed E-state index contributed by atoms with van der Waals surface area (Å²) >= 11 is 3.37. The van der Waals surface area contributed by atoms with Crippen molar-refractivity contribution in [3.05, 3.63) is 58.1 Å². The molecule has 1 aliphatic heterocycles. The van der Waals surface area contributed by atoms with Gasteiger partial charge in [0.2, 0.25) is 11.8 Å². The molecule has 0 bridgehead atoms. The van der Waals surface area contributed by atoms with E-state index in [1.165, 1.54) is 0 Å². The van der Waals surface area contributed by atoms with Gasteiger partial charge in [-0.3, -0.25) is 9.59 Å². The number of amides is 2. The Labute approximate surface area is 150 Å². The fraction of sp³-hybridized carbons (Fsp3) is 0.263. The molecule has 0 radical (unpaired) electrons. The summed E-state index contributed by atoms with van der Waals surface area (Å²) in [6.45, 7) is 4.45. The van der Waals surface area contributed by atoms with Gasteiger partial charge in [0.15, 0.2) is 0 Å². The molecule has 0 aliphatic carbocycles. The van der Waals surface area contributed by atoms with Crippen molar-refractivity contribution in [1.82, 2.24) is 0 Å². The number of carbonyl (C=O) groups excluding carboxylic acids is 2. The normalized spacial score (nSPS) is 17.2. The topological polar surface area (TPSA) is 49.4 Å². The number of halogens is 1. The predicted octanol–water partition coefficient (Wildman–Crippen LogP) is 4.06. The highest BCUT2D eigenvalue weighted by atomic mass is 79.9. The van der Waals surface area contributed by atoms with Crippen LogP contribution in [-0.2, 0) is 9.59 Å². The number of carbonyl (C=O) groups is 2. The molecule has 5 heteroatoms. The molecule has 2 amide bonds. The predicted molar refractivity (Wildman–Crippen MR) is 99.1 cm³/mol. The van der Waals surface area contributed by atoms with E-state index in [1.54, 1.807) is 4.90 Å². The number of hydrogen-bond donors (Lipinski definition) is 1. The van der Waals surface area contributed by atoms with Gasteiger partial charge < -0.3 is 10.2 Å². The van der Waals surface area contributed by atoms with Crippen molar-refractivity contribution in [2.24, 2.45) is 5.92 Å². The average molecular weight is 387 g/mol. The molecular formula is C19H19BrN2O2. The van der Waals surface area contributed by atoms with Gasteiger partial charge in [-0.1, -0.05) is 28.1 Å². The Bertz CT molecular complexity index is 786. The Morgan fingerprint density at radius 3 is 2.58 bits per heavy atom. The van der Waals surface area contributed by atoms with E-state index in [-0.39, 0.29) is 24.2 Å². The number of benzene rings is 2. The molecule has 1 unspecified atom stereocenters. The smallest absolute Gasteiger partial charge is 0.229 e. The van der Waals surface area contributed by atoms with E-state index in [0.717, 1.165) is 27.0 Å². The molecule has 1 saturated heterocycles. The lowest BCUT2D eigenvalue weighted by Gasteiger charge is -2.20. The Balaban J connectivity index is 1.73. The molecule has 4 nitrogen and oxygen atoms in total. The maximum Gasteiger partial charge on any atom is 0.229 e. The van der Waals surface area contributed by atoms with Crippen molar-refractivity contribution in [2.75, 3.05) is 16.8 Å². The van der Waals surface area contributed by atoms with Crippen LogP contribution in [0.3, 0.4) is 0 Å². The van der Waals surface area contributed by atoms with Crippen LogP contribution in [0.1, 0.15) is 17.5 Å². The Morgan fingerprint density at radius 2 is 1.88 bits per heavy atom. The Morgan fingerprint density at radius 1 is 1.17 bits per heavy atom. The summed E-state index contributed by atoms with van der Waals surface area (Å²) in [5.41, 5.74) is 3.86. The molecule has 2 aromatic rings. The monoisotopic (exact) mass is 386 g/mol. The highest BCUT2D eigenvalue weighted by molar-refractivity contribution is 9.10. The summed E-state index contributed by atoms with van der Waals surface area (Å²) in [5.74, 6) is -0.445. The van der Waals surface area contributed by atoms with Crippen molar-refractivity contribution < 1.29 is 9.59 Å². The van der Waals surface area contributed by atoms with E-state index < -0.39 is 0 Å². The zero-order valence-electron chi connectivity index (χ0n) is 13.7. The van der Waals surface area contributed by atoms with Crippen molar-refractivity contribution in [3.8, 4) is 0 Å². The second-order valence-electron chi connectivity index (χ2n) is 6.12. The van der Waals surface area contributed by atoms with Gasteiger partial charge in [-0.2, -0.15) is 0 Å². The second kappa shape index (κ2) is 6.77. The molecule has 0 aromatic heterocycles. The number of anilines is 2. The third-order valence-electron chi connectivity index (χ3n) is 4.47. The molecule has 0 saturated carbocycles. The molecule has 1 fully saturated rings. The fourth-order valence-corrected chi connectivity index (χ4v) is 3.19. The number of nitrogens with one attached hydrogen (secondary N) is 1. The SMILES string of the molecule is Cc1cccc(N2CC(C(=O)Nc3ccc(Br)cc3)CC2=O)c1C. The van der Waals surface area contributed by atoms with E-state index in [0.29, 0.717) is 6.54 Å². The lowest BCUT2D eigenvalue weighted by molar-refractivity contribution is -0.122. The minimum Gasteiger partial charge on any atom is -0.326 e. The Hall–Kier alpha value is -2.14. The zero-order chi connectivity index (χ0) is 17.3. The minimum absolute atomic E-state index is 0.000318. The summed E-state index contributed by atoms with van der Waals surface area (Å²) in [6.07, 6.45) is 0.246. The molecule has 1 atom stereocenters. The highest BCUT2D eigenvalue weighted by Crippen LogP contribution is 2.30. The van der Waals surface area contributed by atoms with E-state index in [1.807, 2.05) is 56.3 Å². The fourth-order valence-electron chi connectivity index (χ4n) is 2.92. The van der Waals surface area contributed by atoms with Crippen molar-refractivity contribution in [1.29, 1.82) is 0 Å². The first-order valence-electron chi connectivity index (χ1n) is 7.88. The number of nitrogens with zero attached hydrogens (tertiary/aromatic N) is 1. The van der Waals surface area contributed by atoms with Crippen LogP contribution in [0.15, 0.2) is 46.9 Å². The number of aryl methyl sites for hydroxylation is 1. The van der Waals surface area contributed by atoms with Gasteiger partial charge in [0.05, 0.1) is 5.92 Å². The van der Waals surface area contributed by atoms with Crippen molar-refractivity contribution in [3.63, 3.8) is 0 Å². The van der Waals surface area contributed by atoms with Crippen LogP contribution < -0.4 is 10.2 Å². The maximum absolute atomic E-state index is 12.5. The molecule has 2 aromatic carbocycles. The van der Waals surface area contributed by atoms with Gasteiger partial charge in [-0.05, 0) is 55.3 Å². The lowest BCUT2D eigenvalue weighted by atomic mass is 10.1. The molecule has 124 valence electrons. The highest BCUT2D eigenvalue weighted by Gasteiger charge is 2.35. The van der Waals surface area contributed by atoms with Crippen LogP contribution in [-0.4, -0.2) is 18.4 Å². The first-order chi connectivity index (χ1) is 11.5. The Kier molecular flexibility index (Phi) is 4.71. The summed E-state index contributed by atoms with van der Waals surface area (Å²) < 4.78 is 0.956. The first-order valence-corrected chi connectivity index (χ1v) is 8.68. The van der Waals surface area contributed by atoms with Crippen LogP contribution in [0.4, 0.5) is 11.4 Å². The van der Waals surface area contributed by atoms with E-state index in [9.17, 15) is 9.59 Å². The summed E-state index contributed by atoms with van der Waals surface area (Å²) in [4.78, 5) is 26.6. The van der Waals surface area contributed by atoms with Gasteiger partial charge in [0, 0.05) is 28.8 Å². The summed E-state index contributed by atoms with van der Waals surface area (Å²) in [5, 5.41) is 2.89. The molecule has 1 heterocycles. The summed E-state index contributed by atoms with van der Waals surface area (Å²) in [7, 11) is 0. The largest absolute Gasteiger partial charge is 0.326 e. The van der Waals surface area contributed by atoms with Crippen LogP contribution in [0.25, 0.3) is 0 Å². The first kappa shape index (κ1) is 16.7. The molecule has 3 rings (SSSR count). The van der Waals surface area contributed by atoms with Crippen LogP contribution >= 0.6 is 15.9 Å². The van der Waals surface area contributed by atoms with E-state index in [4.69, 9.17) is 0 Å². The van der Waals surface area contributed by atoms with Crippen LogP contribution in [0, 0.1) is 19.8 Å². The molecule has 24 heavy (non-hydrogen) atoms. The lowest BCUT2D eigenvalue weighted by Crippen LogP contribution is -2.28. The summed E-state index contributed by atoms with van der Waals surface area (Å²) in [6, 6.07) is 13.3. The van der Waals surface area contributed by atoms with Gasteiger partial charge in [-0.15, -0.1) is 0 Å². The molecule has 1 aliphatic rings. The van der Waals surface area contributed by atoms with Gasteiger partial charge >= 0.3 is 0 Å². The van der Waals surface area contributed by atoms with Crippen molar-refractivity contribution >= 4 is 39.1 Å². The average Bonchev–Trinajstić information content (AvgIpc) is 2.94.